The smallest absolute Gasteiger partial charge is 0.0290 e. The molecule has 0 N–H and O–H groups in total. The van der Waals surface area contributed by atoms with E-state index in [1.807, 2.05) is 0 Å². The minimum Gasteiger partial charge on any atom is -0.100 e. The summed E-state index contributed by atoms with van der Waals surface area (Å²) in [6.45, 7) is 10.3. The Hall–Kier alpha value is -0.520. The maximum atomic E-state index is 3.84. The van der Waals surface area contributed by atoms with Crippen molar-refractivity contribution in [2.45, 2.75) is 33.6 Å². The third kappa shape index (κ3) is 7.48. The van der Waals surface area contributed by atoms with Crippen LogP contribution in [0.2, 0.25) is 0 Å². The maximum absolute atomic E-state index is 3.84. The fraction of sp³-hybridized carbons (Fsp3) is 0.600. The molecule has 0 saturated carbocycles. The Balaban J connectivity index is 3.27. The summed E-state index contributed by atoms with van der Waals surface area (Å²) in [7, 11) is 0. The van der Waals surface area contributed by atoms with Crippen molar-refractivity contribution in [3.63, 3.8) is 0 Å². The zero-order chi connectivity index (χ0) is 7.98. The summed E-state index contributed by atoms with van der Waals surface area (Å²) in [6.07, 6.45) is 6.75. The lowest BCUT2D eigenvalue weighted by atomic mass is 10.1. The predicted octanol–water partition coefficient (Wildman–Crippen LogP) is 3.55. The van der Waals surface area contributed by atoms with E-state index in [1.165, 1.54) is 5.57 Å². The van der Waals surface area contributed by atoms with Gasteiger partial charge >= 0.3 is 0 Å². The van der Waals surface area contributed by atoms with E-state index in [0.29, 0.717) is 5.92 Å². The van der Waals surface area contributed by atoms with Crippen molar-refractivity contribution in [2.75, 3.05) is 0 Å². The molecule has 0 amide bonds. The number of rotatable bonds is 4. The van der Waals surface area contributed by atoms with Crippen molar-refractivity contribution in [1.82, 2.24) is 0 Å². The van der Waals surface area contributed by atoms with Gasteiger partial charge in [-0.2, -0.15) is 0 Å². The molecule has 0 saturated heterocycles. The first-order valence-electron chi connectivity index (χ1n) is 3.94. The summed E-state index contributed by atoms with van der Waals surface area (Å²) in [5.74, 6) is 0.685. The third-order valence-electron chi connectivity index (χ3n) is 1.26. The van der Waals surface area contributed by atoms with Crippen LogP contribution in [0.4, 0.5) is 0 Å². The summed E-state index contributed by atoms with van der Waals surface area (Å²) >= 11 is 0. The Morgan fingerprint density at radius 2 is 2.10 bits per heavy atom. The van der Waals surface area contributed by atoms with Gasteiger partial charge in [0.15, 0.2) is 0 Å². The molecular formula is C10H18. The molecule has 0 heterocycles. The third-order valence-corrected chi connectivity index (χ3v) is 1.26. The Morgan fingerprint density at radius 3 is 2.50 bits per heavy atom. The molecule has 0 aliphatic carbocycles. The lowest BCUT2D eigenvalue weighted by Gasteiger charge is -1.94. The zero-order valence-electron chi connectivity index (χ0n) is 7.35. The fourth-order valence-corrected chi connectivity index (χ4v) is 0.698. The largest absolute Gasteiger partial charge is 0.100 e. The lowest BCUT2D eigenvalue weighted by molar-refractivity contribution is 0.821. The van der Waals surface area contributed by atoms with E-state index in [0.717, 1.165) is 12.8 Å². The number of hydrogen-bond donors (Lipinski definition) is 0. The molecular weight excluding hydrogens is 120 g/mol. The van der Waals surface area contributed by atoms with E-state index in [4.69, 9.17) is 0 Å². The van der Waals surface area contributed by atoms with E-state index >= 15 is 0 Å². The van der Waals surface area contributed by atoms with E-state index in [2.05, 4.69) is 39.5 Å². The minimum absolute atomic E-state index is 0.685. The Morgan fingerprint density at radius 1 is 1.50 bits per heavy atom. The standard InChI is InChI=1S/C10H18/c1-9(2)7-5-6-8-10(3)4/h6,8,10H,1,5,7H2,2-4H3/b8-6+. The molecule has 0 fully saturated rings. The van der Waals surface area contributed by atoms with Gasteiger partial charge in [-0.25, -0.2) is 0 Å². The average Bonchev–Trinajstić information content (AvgIpc) is 1.79. The molecule has 58 valence electrons. The molecule has 0 unspecified atom stereocenters. The van der Waals surface area contributed by atoms with E-state index in [-0.39, 0.29) is 0 Å². The van der Waals surface area contributed by atoms with Crippen LogP contribution in [0, 0.1) is 5.92 Å². The fourth-order valence-electron chi connectivity index (χ4n) is 0.698. The second-order valence-electron chi connectivity index (χ2n) is 3.17. The van der Waals surface area contributed by atoms with Gasteiger partial charge in [0.25, 0.3) is 0 Å². The second kappa shape index (κ2) is 5.28. The van der Waals surface area contributed by atoms with Crippen LogP contribution in [0.1, 0.15) is 33.6 Å². The first-order valence-corrected chi connectivity index (χ1v) is 3.94. The molecule has 0 radical (unpaired) electrons. The highest BCUT2D eigenvalue weighted by Crippen LogP contribution is 2.02. The summed E-state index contributed by atoms with van der Waals surface area (Å²) < 4.78 is 0. The van der Waals surface area contributed by atoms with Crippen LogP contribution in [0.15, 0.2) is 24.3 Å². The normalized spacial score (nSPS) is 11.2. The van der Waals surface area contributed by atoms with Crippen LogP contribution >= 0.6 is 0 Å². The topological polar surface area (TPSA) is 0 Å². The number of allylic oxidation sites excluding steroid dienone is 3. The molecule has 0 nitrogen and oxygen atoms in total. The van der Waals surface area contributed by atoms with Gasteiger partial charge in [0.2, 0.25) is 0 Å². The SMILES string of the molecule is C=C(C)CC/C=C/C(C)C. The predicted molar refractivity (Wildman–Crippen MR) is 48.0 cm³/mol. The first kappa shape index (κ1) is 9.48. The van der Waals surface area contributed by atoms with Gasteiger partial charge in [-0.05, 0) is 25.7 Å². The van der Waals surface area contributed by atoms with Crippen LogP contribution in [0.3, 0.4) is 0 Å². The second-order valence-corrected chi connectivity index (χ2v) is 3.17. The summed E-state index contributed by atoms with van der Waals surface area (Å²) in [5.41, 5.74) is 1.27. The highest BCUT2D eigenvalue weighted by molar-refractivity contribution is 4.93. The highest BCUT2D eigenvalue weighted by Gasteiger charge is 1.84. The average molecular weight is 138 g/mol. The molecule has 0 atom stereocenters. The molecule has 0 aliphatic heterocycles. The van der Waals surface area contributed by atoms with Gasteiger partial charge in [0, 0.05) is 0 Å². The Bertz CT molecular complexity index is 118. The summed E-state index contributed by atoms with van der Waals surface area (Å²) in [6, 6.07) is 0. The van der Waals surface area contributed by atoms with Gasteiger partial charge in [-0.15, -0.1) is 6.58 Å². The van der Waals surface area contributed by atoms with Crippen LogP contribution in [-0.4, -0.2) is 0 Å². The van der Waals surface area contributed by atoms with Crippen LogP contribution in [0.5, 0.6) is 0 Å². The van der Waals surface area contributed by atoms with Crippen molar-refractivity contribution in [1.29, 1.82) is 0 Å². The molecule has 0 bridgehead atoms. The van der Waals surface area contributed by atoms with Crippen LogP contribution < -0.4 is 0 Å². The summed E-state index contributed by atoms with van der Waals surface area (Å²) in [4.78, 5) is 0. The van der Waals surface area contributed by atoms with E-state index < -0.39 is 0 Å². The van der Waals surface area contributed by atoms with E-state index in [1.54, 1.807) is 0 Å². The maximum Gasteiger partial charge on any atom is -0.0290 e. The van der Waals surface area contributed by atoms with Crippen molar-refractivity contribution in [3.05, 3.63) is 24.3 Å². The Labute approximate surface area is 64.6 Å². The molecule has 0 aromatic heterocycles. The van der Waals surface area contributed by atoms with Gasteiger partial charge in [-0.3, -0.25) is 0 Å². The first-order chi connectivity index (χ1) is 4.63. The summed E-state index contributed by atoms with van der Waals surface area (Å²) in [5, 5.41) is 0. The van der Waals surface area contributed by atoms with Gasteiger partial charge in [0.05, 0.1) is 0 Å². The number of hydrogen-bond acceptors (Lipinski definition) is 0. The van der Waals surface area contributed by atoms with Crippen LogP contribution in [-0.2, 0) is 0 Å². The molecule has 0 rings (SSSR count). The minimum atomic E-state index is 0.685. The van der Waals surface area contributed by atoms with Gasteiger partial charge in [0.1, 0.15) is 0 Å². The van der Waals surface area contributed by atoms with Crippen molar-refractivity contribution < 1.29 is 0 Å². The molecule has 0 heteroatoms. The quantitative estimate of drug-likeness (QED) is 0.521. The molecule has 0 aromatic rings. The molecule has 0 aromatic carbocycles. The van der Waals surface area contributed by atoms with E-state index in [9.17, 15) is 0 Å². The monoisotopic (exact) mass is 138 g/mol. The lowest BCUT2D eigenvalue weighted by Crippen LogP contribution is -1.77. The van der Waals surface area contributed by atoms with Crippen molar-refractivity contribution >= 4 is 0 Å². The van der Waals surface area contributed by atoms with Crippen molar-refractivity contribution in [2.24, 2.45) is 5.92 Å². The zero-order valence-corrected chi connectivity index (χ0v) is 7.35. The van der Waals surface area contributed by atoms with Gasteiger partial charge in [-0.1, -0.05) is 31.6 Å². The highest BCUT2D eigenvalue weighted by atomic mass is 13.9. The van der Waals surface area contributed by atoms with Crippen LogP contribution in [0.25, 0.3) is 0 Å². The molecule has 10 heavy (non-hydrogen) atoms. The Kier molecular flexibility index (Phi) is 5.00. The van der Waals surface area contributed by atoms with Crippen molar-refractivity contribution in [3.8, 4) is 0 Å². The molecule has 0 aliphatic rings. The molecule has 0 spiro atoms. The van der Waals surface area contributed by atoms with Gasteiger partial charge < -0.3 is 0 Å².